The Morgan fingerprint density at radius 3 is 2.47 bits per heavy atom. The van der Waals surface area contributed by atoms with E-state index in [1.807, 2.05) is 25.1 Å². The SMILES string of the molecule is C=C(C)C[C@H](N)c1ccc(OC)cc1OC.Cl. The molecule has 1 rings (SSSR count). The van der Waals surface area contributed by atoms with Crippen LogP contribution in [-0.4, -0.2) is 14.2 Å². The molecule has 0 saturated carbocycles. The summed E-state index contributed by atoms with van der Waals surface area (Å²) in [7, 11) is 3.26. The third-order valence-electron chi connectivity index (χ3n) is 2.41. The maximum atomic E-state index is 6.08. The van der Waals surface area contributed by atoms with Gasteiger partial charge in [0.15, 0.2) is 0 Å². The van der Waals surface area contributed by atoms with Crippen molar-refractivity contribution in [1.82, 2.24) is 0 Å². The topological polar surface area (TPSA) is 44.5 Å². The minimum atomic E-state index is -0.0849. The molecule has 3 nitrogen and oxygen atoms in total. The summed E-state index contributed by atoms with van der Waals surface area (Å²) < 4.78 is 10.4. The van der Waals surface area contributed by atoms with Crippen LogP contribution in [0.5, 0.6) is 11.5 Å². The van der Waals surface area contributed by atoms with Gasteiger partial charge < -0.3 is 15.2 Å². The molecule has 0 bridgehead atoms. The molecule has 0 unspecified atom stereocenters. The van der Waals surface area contributed by atoms with Gasteiger partial charge in [-0.2, -0.15) is 0 Å². The van der Waals surface area contributed by atoms with Crippen LogP contribution >= 0.6 is 12.4 Å². The van der Waals surface area contributed by atoms with Crippen molar-refractivity contribution in [2.24, 2.45) is 5.73 Å². The number of ether oxygens (including phenoxy) is 2. The van der Waals surface area contributed by atoms with Crippen molar-refractivity contribution in [3.63, 3.8) is 0 Å². The molecule has 0 aliphatic carbocycles. The van der Waals surface area contributed by atoms with Gasteiger partial charge in [-0.15, -0.1) is 19.0 Å². The highest BCUT2D eigenvalue weighted by Crippen LogP contribution is 2.30. The zero-order chi connectivity index (χ0) is 12.1. The molecule has 0 heterocycles. The van der Waals surface area contributed by atoms with E-state index >= 15 is 0 Å². The molecule has 17 heavy (non-hydrogen) atoms. The lowest BCUT2D eigenvalue weighted by molar-refractivity contribution is 0.388. The van der Waals surface area contributed by atoms with E-state index in [0.717, 1.165) is 29.1 Å². The Morgan fingerprint density at radius 2 is 2.00 bits per heavy atom. The molecular formula is C13H20ClNO2. The molecule has 0 amide bonds. The first kappa shape index (κ1) is 15.8. The summed E-state index contributed by atoms with van der Waals surface area (Å²) in [5, 5.41) is 0. The van der Waals surface area contributed by atoms with Gasteiger partial charge >= 0.3 is 0 Å². The highest BCUT2D eigenvalue weighted by molar-refractivity contribution is 5.85. The van der Waals surface area contributed by atoms with Gasteiger partial charge in [0.25, 0.3) is 0 Å². The normalized spacial score (nSPS) is 11.3. The van der Waals surface area contributed by atoms with Crippen LogP contribution in [0.15, 0.2) is 30.4 Å². The van der Waals surface area contributed by atoms with Crippen molar-refractivity contribution in [2.45, 2.75) is 19.4 Å². The number of methoxy groups -OCH3 is 2. The molecule has 0 aliphatic rings. The van der Waals surface area contributed by atoms with E-state index in [4.69, 9.17) is 15.2 Å². The van der Waals surface area contributed by atoms with Gasteiger partial charge in [0.2, 0.25) is 0 Å². The predicted molar refractivity (Wildman–Crippen MR) is 73.2 cm³/mol. The summed E-state index contributed by atoms with van der Waals surface area (Å²) >= 11 is 0. The number of rotatable bonds is 5. The smallest absolute Gasteiger partial charge is 0.127 e. The molecule has 2 N–H and O–H groups in total. The average molecular weight is 258 g/mol. The van der Waals surface area contributed by atoms with Gasteiger partial charge in [-0.1, -0.05) is 11.6 Å². The van der Waals surface area contributed by atoms with Gasteiger partial charge in [0.1, 0.15) is 11.5 Å². The fourth-order valence-corrected chi connectivity index (χ4v) is 1.61. The van der Waals surface area contributed by atoms with Gasteiger partial charge in [0.05, 0.1) is 14.2 Å². The van der Waals surface area contributed by atoms with Crippen LogP contribution in [0.25, 0.3) is 0 Å². The van der Waals surface area contributed by atoms with E-state index in [9.17, 15) is 0 Å². The zero-order valence-corrected chi connectivity index (χ0v) is 11.3. The Labute approximate surface area is 109 Å². The van der Waals surface area contributed by atoms with E-state index in [1.54, 1.807) is 14.2 Å². The van der Waals surface area contributed by atoms with Crippen LogP contribution in [0.2, 0.25) is 0 Å². The van der Waals surface area contributed by atoms with E-state index in [1.165, 1.54) is 0 Å². The fourth-order valence-electron chi connectivity index (χ4n) is 1.61. The Kier molecular flexibility index (Phi) is 6.69. The molecule has 1 aromatic carbocycles. The van der Waals surface area contributed by atoms with Crippen LogP contribution in [0, 0.1) is 0 Å². The summed E-state index contributed by atoms with van der Waals surface area (Å²) in [6, 6.07) is 5.58. The number of halogens is 1. The highest BCUT2D eigenvalue weighted by Gasteiger charge is 2.12. The first-order valence-corrected chi connectivity index (χ1v) is 5.20. The lowest BCUT2D eigenvalue weighted by atomic mass is 10.00. The van der Waals surface area contributed by atoms with E-state index < -0.39 is 0 Å². The maximum absolute atomic E-state index is 6.08. The van der Waals surface area contributed by atoms with Crippen molar-refractivity contribution in [3.05, 3.63) is 35.9 Å². The Hall–Kier alpha value is -1.19. The summed E-state index contributed by atoms with van der Waals surface area (Å²) in [5.41, 5.74) is 8.12. The summed E-state index contributed by atoms with van der Waals surface area (Å²) in [5.74, 6) is 1.52. The van der Waals surface area contributed by atoms with Crippen molar-refractivity contribution in [3.8, 4) is 11.5 Å². The Balaban J connectivity index is 0.00000256. The summed E-state index contributed by atoms with van der Waals surface area (Å²) in [6.45, 7) is 5.83. The molecule has 0 spiro atoms. The van der Waals surface area contributed by atoms with Crippen LogP contribution < -0.4 is 15.2 Å². The molecule has 0 radical (unpaired) electrons. The first-order valence-electron chi connectivity index (χ1n) is 5.20. The quantitative estimate of drug-likeness (QED) is 0.825. The molecule has 4 heteroatoms. The molecule has 0 fully saturated rings. The number of nitrogens with two attached hydrogens (primary N) is 1. The van der Waals surface area contributed by atoms with Crippen molar-refractivity contribution in [2.75, 3.05) is 14.2 Å². The Morgan fingerprint density at radius 1 is 1.35 bits per heavy atom. The van der Waals surface area contributed by atoms with Crippen molar-refractivity contribution < 1.29 is 9.47 Å². The molecule has 0 saturated heterocycles. The number of hydrogen-bond donors (Lipinski definition) is 1. The monoisotopic (exact) mass is 257 g/mol. The third-order valence-corrected chi connectivity index (χ3v) is 2.41. The van der Waals surface area contributed by atoms with Crippen molar-refractivity contribution in [1.29, 1.82) is 0 Å². The second-order valence-corrected chi connectivity index (χ2v) is 3.88. The largest absolute Gasteiger partial charge is 0.497 e. The number of benzene rings is 1. The molecular weight excluding hydrogens is 238 g/mol. The lowest BCUT2D eigenvalue weighted by Gasteiger charge is -2.16. The van der Waals surface area contributed by atoms with Crippen LogP contribution in [-0.2, 0) is 0 Å². The van der Waals surface area contributed by atoms with Gasteiger partial charge in [0, 0.05) is 17.7 Å². The Bertz CT molecular complexity index is 380. The minimum absolute atomic E-state index is 0. The van der Waals surface area contributed by atoms with Crippen LogP contribution in [0.1, 0.15) is 24.9 Å². The summed E-state index contributed by atoms with van der Waals surface area (Å²) in [6.07, 6.45) is 0.753. The second kappa shape index (κ2) is 7.20. The predicted octanol–water partition coefficient (Wildman–Crippen LogP) is 3.09. The van der Waals surface area contributed by atoms with Crippen molar-refractivity contribution >= 4 is 12.4 Å². The van der Waals surface area contributed by atoms with E-state index in [-0.39, 0.29) is 18.4 Å². The highest BCUT2D eigenvalue weighted by atomic mass is 35.5. The zero-order valence-electron chi connectivity index (χ0n) is 10.5. The molecule has 0 aliphatic heterocycles. The van der Waals surface area contributed by atoms with Crippen LogP contribution in [0.3, 0.4) is 0 Å². The first-order chi connectivity index (χ1) is 7.58. The molecule has 1 atom stereocenters. The van der Waals surface area contributed by atoms with E-state index in [2.05, 4.69) is 6.58 Å². The average Bonchev–Trinajstić information content (AvgIpc) is 2.27. The second-order valence-electron chi connectivity index (χ2n) is 3.88. The van der Waals surface area contributed by atoms with Gasteiger partial charge in [-0.3, -0.25) is 0 Å². The van der Waals surface area contributed by atoms with E-state index in [0.29, 0.717) is 0 Å². The van der Waals surface area contributed by atoms with Gasteiger partial charge in [-0.25, -0.2) is 0 Å². The fraction of sp³-hybridized carbons (Fsp3) is 0.385. The standard InChI is InChI=1S/C13H19NO2.ClH/c1-9(2)7-12(14)11-6-5-10(15-3)8-13(11)16-4;/h5-6,8,12H,1,7,14H2,2-4H3;1H/t12-;/m0./s1. The summed E-state index contributed by atoms with van der Waals surface area (Å²) in [4.78, 5) is 0. The maximum Gasteiger partial charge on any atom is 0.127 e. The molecule has 96 valence electrons. The minimum Gasteiger partial charge on any atom is -0.497 e. The lowest BCUT2D eigenvalue weighted by Crippen LogP contribution is -2.11. The third kappa shape index (κ3) is 4.29. The molecule has 0 aromatic heterocycles. The van der Waals surface area contributed by atoms with Crippen LogP contribution in [0.4, 0.5) is 0 Å². The number of hydrogen-bond acceptors (Lipinski definition) is 3. The van der Waals surface area contributed by atoms with Gasteiger partial charge in [-0.05, 0) is 19.4 Å². The molecule has 1 aromatic rings.